The summed E-state index contributed by atoms with van der Waals surface area (Å²) in [7, 11) is 1.64. The van der Waals surface area contributed by atoms with Crippen molar-refractivity contribution in [1.29, 1.82) is 0 Å². The Bertz CT molecular complexity index is 868. The van der Waals surface area contributed by atoms with Gasteiger partial charge in [0.25, 0.3) is 0 Å². The van der Waals surface area contributed by atoms with E-state index in [1.807, 2.05) is 22.8 Å². The summed E-state index contributed by atoms with van der Waals surface area (Å²) in [6, 6.07) is 7.57. The van der Waals surface area contributed by atoms with E-state index in [-0.39, 0.29) is 5.78 Å². The summed E-state index contributed by atoms with van der Waals surface area (Å²) < 4.78 is 7.32. The minimum atomic E-state index is 0.200. The number of aromatic nitrogens is 3. The van der Waals surface area contributed by atoms with E-state index in [9.17, 15) is 4.79 Å². The molecule has 0 saturated heterocycles. The molecule has 22 heavy (non-hydrogen) atoms. The number of hydrogen-bond donors (Lipinski definition) is 0. The molecular formula is C17H15N3O2. The maximum absolute atomic E-state index is 12.4. The molecule has 0 N–H and O–H groups in total. The molecule has 0 aliphatic heterocycles. The second-order valence-electron chi connectivity index (χ2n) is 5.37. The van der Waals surface area contributed by atoms with Gasteiger partial charge in [0.05, 0.1) is 12.6 Å². The Hall–Kier alpha value is -2.69. The van der Waals surface area contributed by atoms with Gasteiger partial charge in [-0.05, 0) is 31.0 Å². The molecule has 0 radical (unpaired) electrons. The van der Waals surface area contributed by atoms with Crippen LogP contribution in [0.2, 0.25) is 0 Å². The first-order valence-corrected chi connectivity index (χ1v) is 7.31. The van der Waals surface area contributed by atoms with Crippen molar-refractivity contribution in [3.05, 3.63) is 47.9 Å². The van der Waals surface area contributed by atoms with Crippen molar-refractivity contribution >= 4 is 16.7 Å². The van der Waals surface area contributed by atoms with Crippen molar-refractivity contribution in [3.8, 4) is 11.7 Å². The number of methoxy groups -OCH3 is 1. The van der Waals surface area contributed by atoms with E-state index in [1.165, 1.54) is 0 Å². The molecule has 0 spiro atoms. The average molecular weight is 293 g/mol. The summed E-state index contributed by atoms with van der Waals surface area (Å²) >= 11 is 0. The monoisotopic (exact) mass is 293 g/mol. The standard InChI is InChI=1S/C17H15N3O2/c1-22-11-6-7-12-14(10-11)20(17-18-8-3-9-19-17)13-4-2-5-15(21)16(12)13/h3,6-10H,2,4-5H2,1H3. The number of Topliss-reactive ketones (excluding diaryl/α,β-unsaturated/α-hetero) is 1. The fraction of sp³-hybridized carbons (Fsp3) is 0.235. The quantitative estimate of drug-likeness (QED) is 0.729. The van der Waals surface area contributed by atoms with Gasteiger partial charge in [0.2, 0.25) is 5.95 Å². The topological polar surface area (TPSA) is 57.0 Å². The average Bonchev–Trinajstić information content (AvgIpc) is 2.90. The lowest BCUT2D eigenvalue weighted by molar-refractivity contribution is 0.0973. The summed E-state index contributed by atoms with van der Waals surface area (Å²) in [5.41, 5.74) is 2.74. The summed E-state index contributed by atoms with van der Waals surface area (Å²) in [6.07, 6.45) is 5.76. The van der Waals surface area contributed by atoms with Gasteiger partial charge >= 0.3 is 0 Å². The first-order chi connectivity index (χ1) is 10.8. The molecule has 110 valence electrons. The zero-order valence-electron chi connectivity index (χ0n) is 12.2. The number of fused-ring (bicyclic) bond motifs is 3. The van der Waals surface area contributed by atoms with Gasteiger partial charge in [-0.3, -0.25) is 9.36 Å². The largest absolute Gasteiger partial charge is 0.497 e. The predicted octanol–water partition coefficient (Wildman–Crippen LogP) is 2.95. The third kappa shape index (κ3) is 1.82. The Labute approximate surface area is 127 Å². The van der Waals surface area contributed by atoms with E-state index in [0.717, 1.165) is 40.8 Å². The van der Waals surface area contributed by atoms with Crippen LogP contribution in [-0.2, 0) is 6.42 Å². The number of rotatable bonds is 2. The molecule has 2 heterocycles. The second kappa shape index (κ2) is 4.94. The highest BCUT2D eigenvalue weighted by atomic mass is 16.5. The van der Waals surface area contributed by atoms with Gasteiger partial charge in [0, 0.05) is 41.5 Å². The third-order valence-electron chi connectivity index (χ3n) is 4.12. The Morgan fingerprint density at radius 3 is 2.77 bits per heavy atom. The van der Waals surface area contributed by atoms with Crippen molar-refractivity contribution in [1.82, 2.24) is 14.5 Å². The van der Waals surface area contributed by atoms with Crippen LogP contribution in [-0.4, -0.2) is 27.4 Å². The molecule has 1 aliphatic carbocycles. The fourth-order valence-electron chi connectivity index (χ4n) is 3.17. The molecule has 0 bridgehead atoms. The zero-order valence-corrected chi connectivity index (χ0v) is 12.2. The smallest absolute Gasteiger partial charge is 0.234 e. The molecule has 4 rings (SSSR count). The van der Waals surface area contributed by atoms with Gasteiger partial charge in [-0.15, -0.1) is 0 Å². The molecule has 0 amide bonds. The van der Waals surface area contributed by atoms with Crippen molar-refractivity contribution in [2.75, 3.05) is 7.11 Å². The Kier molecular flexibility index (Phi) is 2.92. The Balaban J connectivity index is 2.11. The molecule has 1 aromatic carbocycles. The van der Waals surface area contributed by atoms with Crippen molar-refractivity contribution in [3.63, 3.8) is 0 Å². The maximum atomic E-state index is 12.4. The summed E-state index contributed by atoms with van der Waals surface area (Å²) in [5.74, 6) is 1.55. The zero-order chi connectivity index (χ0) is 15.1. The molecule has 1 aliphatic rings. The van der Waals surface area contributed by atoms with Crippen LogP contribution in [0.15, 0.2) is 36.7 Å². The molecule has 3 aromatic rings. The molecule has 0 unspecified atom stereocenters. The number of carbonyl (C=O) groups is 1. The van der Waals surface area contributed by atoms with E-state index >= 15 is 0 Å². The van der Waals surface area contributed by atoms with Gasteiger partial charge in [-0.25, -0.2) is 9.97 Å². The highest BCUT2D eigenvalue weighted by molar-refractivity contribution is 6.10. The van der Waals surface area contributed by atoms with Crippen LogP contribution in [0.1, 0.15) is 28.9 Å². The van der Waals surface area contributed by atoms with Crippen molar-refractivity contribution in [2.45, 2.75) is 19.3 Å². The van der Waals surface area contributed by atoms with E-state index in [1.54, 1.807) is 25.6 Å². The van der Waals surface area contributed by atoms with E-state index < -0.39 is 0 Å². The van der Waals surface area contributed by atoms with Crippen LogP contribution in [0.4, 0.5) is 0 Å². The van der Waals surface area contributed by atoms with Gasteiger partial charge in [0.1, 0.15) is 5.75 Å². The highest BCUT2D eigenvalue weighted by Gasteiger charge is 2.27. The van der Waals surface area contributed by atoms with Gasteiger partial charge in [-0.1, -0.05) is 0 Å². The SMILES string of the molecule is COc1ccc2c3c(n(-c4ncccn4)c2c1)CCCC3=O. The lowest BCUT2D eigenvalue weighted by Gasteiger charge is -2.13. The molecular weight excluding hydrogens is 278 g/mol. The van der Waals surface area contributed by atoms with Crippen LogP contribution >= 0.6 is 0 Å². The minimum Gasteiger partial charge on any atom is -0.497 e. The molecule has 2 aromatic heterocycles. The molecule has 0 atom stereocenters. The maximum Gasteiger partial charge on any atom is 0.234 e. The molecule has 5 nitrogen and oxygen atoms in total. The van der Waals surface area contributed by atoms with Crippen LogP contribution in [0.25, 0.3) is 16.9 Å². The van der Waals surface area contributed by atoms with Gasteiger partial charge < -0.3 is 4.74 Å². The van der Waals surface area contributed by atoms with Crippen LogP contribution in [0.3, 0.4) is 0 Å². The van der Waals surface area contributed by atoms with E-state index in [4.69, 9.17) is 4.74 Å². The lowest BCUT2D eigenvalue weighted by atomic mass is 9.94. The third-order valence-corrected chi connectivity index (χ3v) is 4.12. The van der Waals surface area contributed by atoms with E-state index in [0.29, 0.717) is 12.4 Å². The van der Waals surface area contributed by atoms with Crippen LogP contribution in [0.5, 0.6) is 5.75 Å². The summed E-state index contributed by atoms with van der Waals surface area (Å²) in [5, 5.41) is 0.952. The number of carbonyl (C=O) groups excluding carboxylic acids is 1. The minimum absolute atomic E-state index is 0.200. The first-order valence-electron chi connectivity index (χ1n) is 7.31. The number of ether oxygens (including phenoxy) is 1. The molecule has 0 saturated carbocycles. The molecule has 5 heteroatoms. The number of benzene rings is 1. The summed E-state index contributed by atoms with van der Waals surface area (Å²) in [4.78, 5) is 21.1. The summed E-state index contributed by atoms with van der Waals surface area (Å²) in [6.45, 7) is 0. The Morgan fingerprint density at radius 2 is 2.00 bits per heavy atom. The predicted molar refractivity (Wildman–Crippen MR) is 82.7 cm³/mol. The van der Waals surface area contributed by atoms with Crippen LogP contribution < -0.4 is 4.74 Å². The van der Waals surface area contributed by atoms with E-state index in [2.05, 4.69) is 9.97 Å². The van der Waals surface area contributed by atoms with Gasteiger partial charge in [-0.2, -0.15) is 0 Å². The number of hydrogen-bond acceptors (Lipinski definition) is 4. The van der Waals surface area contributed by atoms with Crippen molar-refractivity contribution < 1.29 is 9.53 Å². The number of nitrogens with zero attached hydrogens (tertiary/aromatic N) is 3. The highest BCUT2D eigenvalue weighted by Crippen LogP contribution is 2.35. The van der Waals surface area contributed by atoms with Crippen molar-refractivity contribution in [2.24, 2.45) is 0 Å². The molecule has 0 fully saturated rings. The normalized spacial score (nSPS) is 14.1. The fourth-order valence-corrected chi connectivity index (χ4v) is 3.17. The number of ketones is 1. The first kappa shape index (κ1) is 13.0. The Morgan fingerprint density at radius 1 is 1.18 bits per heavy atom. The van der Waals surface area contributed by atoms with Gasteiger partial charge in [0.15, 0.2) is 5.78 Å². The lowest BCUT2D eigenvalue weighted by Crippen LogP contribution is -2.13. The second-order valence-corrected chi connectivity index (χ2v) is 5.37. The van der Waals surface area contributed by atoms with Crippen LogP contribution in [0, 0.1) is 0 Å².